The first kappa shape index (κ1) is 33.5. The highest BCUT2D eigenvalue weighted by molar-refractivity contribution is 5.77. The van der Waals surface area contributed by atoms with Crippen LogP contribution in [0.1, 0.15) is 64.9 Å². The molecule has 3 atom stereocenters. The molecule has 2 fully saturated rings. The van der Waals surface area contributed by atoms with Crippen LogP contribution in [0.25, 0.3) is 0 Å². The van der Waals surface area contributed by atoms with Gasteiger partial charge >= 0.3 is 6.09 Å². The predicted octanol–water partition coefficient (Wildman–Crippen LogP) is 5.10. The van der Waals surface area contributed by atoms with Crippen molar-refractivity contribution >= 4 is 17.5 Å². The van der Waals surface area contributed by atoms with Crippen molar-refractivity contribution in [3.8, 4) is 11.5 Å². The van der Waals surface area contributed by atoms with Gasteiger partial charge in [0.1, 0.15) is 28.5 Å². The van der Waals surface area contributed by atoms with E-state index >= 15 is 0 Å². The van der Waals surface area contributed by atoms with Crippen LogP contribution < -0.4 is 30.7 Å². The van der Waals surface area contributed by atoms with E-state index in [9.17, 15) is 19.5 Å². The summed E-state index contributed by atoms with van der Waals surface area (Å²) >= 11 is 0. The number of alkyl carbamates (subject to hydrolysis) is 1. The van der Waals surface area contributed by atoms with Gasteiger partial charge in [0.25, 0.3) is 10.9 Å². The lowest BCUT2D eigenvalue weighted by atomic mass is 9.73. The molecule has 0 saturated carbocycles. The van der Waals surface area contributed by atoms with E-state index in [-0.39, 0.29) is 12.0 Å². The van der Waals surface area contributed by atoms with Crippen LogP contribution in [0.2, 0.25) is 0 Å². The quantitative estimate of drug-likeness (QED) is 0.220. The molecule has 10 heteroatoms. The monoisotopic (exact) mass is 633 g/mol. The molecule has 5 rings (SSSR count). The maximum atomic E-state index is 13.2. The second kappa shape index (κ2) is 14.3. The third kappa shape index (κ3) is 7.56. The lowest BCUT2D eigenvalue weighted by Gasteiger charge is -2.45. The number of hydrogen-bond donors (Lipinski definition) is 2. The van der Waals surface area contributed by atoms with Gasteiger partial charge in [0.2, 0.25) is 0 Å². The van der Waals surface area contributed by atoms with Gasteiger partial charge in [-0.15, -0.1) is 0 Å². The molecule has 2 aliphatic heterocycles. The summed E-state index contributed by atoms with van der Waals surface area (Å²) in [5.41, 5.74) is -1.35. The number of carbonyl (C=O) groups is 1. The summed E-state index contributed by atoms with van der Waals surface area (Å²) in [7, 11) is 1.65. The molecular formula is C36H47N3O7. The number of piperidine rings is 2. The molecule has 2 heterocycles. The fraction of sp³-hybridized carbons (Fsp3) is 0.528. The standard InChI is InChI=1S/C36H47N3O7/c1-35(2,3)46-34(42)37-26-14-11-21-39(24-26)31-30(32(40)33(31)41)38-20-10-13-25(23-38)36(43,19-12-22-44-4)28-17-8-9-18-29(28)45-27-15-6-5-7-16-27/h5-9,15-18,25-26,43H,10-14,19-24H2,1-4H3,(H,37,42)/t25-,26+,36+/m1/s1. The number of benzene rings is 2. The molecule has 3 aromatic rings. The number of para-hydroxylation sites is 2. The maximum absolute atomic E-state index is 13.2. The van der Waals surface area contributed by atoms with Crippen LogP contribution in [0.3, 0.4) is 0 Å². The summed E-state index contributed by atoms with van der Waals surface area (Å²) in [5.74, 6) is 1.02. The third-order valence-electron chi connectivity index (χ3n) is 8.96. The van der Waals surface area contributed by atoms with Gasteiger partial charge in [0, 0.05) is 57.4 Å². The molecule has 0 aliphatic carbocycles. The van der Waals surface area contributed by atoms with Crippen molar-refractivity contribution in [3.63, 3.8) is 0 Å². The van der Waals surface area contributed by atoms with Crippen molar-refractivity contribution < 1.29 is 24.1 Å². The van der Waals surface area contributed by atoms with Gasteiger partial charge in [-0.25, -0.2) is 4.79 Å². The molecule has 0 aromatic heterocycles. The van der Waals surface area contributed by atoms with Gasteiger partial charge in [-0.05, 0) is 77.5 Å². The second-order valence-corrected chi connectivity index (χ2v) is 13.5. The summed E-state index contributed by atoms with van der Waals surface area (Å²) in [6.45, 7) is 7.99. The summed E-state index contributed by atoms with van der Waals surface area (Å²) in [6.07, 6.45) is 3.60. The van der Waals surface area contributed by atoms with Crippen molar-refractivity contribution in [3.05, 3.63) is 80.6 Å². The lowest BCUT2D eigenvalue weighted by Crippen LogP contribution is -2.55. The van der Waals surface area contributed by atoms with E-state index in [1.54, 1.807) is 7.11 Å². The Morgan fingerprint density at radius 1 is 0.913 bits per heavy atom. The normalized spacial score (nSPS) is 20.3. The molecule has 0 spiro atoms. The molecule has 10 nitrogen and oxygen atoms in total. The molecule has 2 saturated heterocycles. The number of nitrogens with zero attached hydrogens (tertiary/aromatic N) is 2. The summed E-state index contributed by atoms with van der Waals surface area (Å²) in [4.78, 5) is 42.6. The van der Waals surface area contributed by atoms with Crippen LogP contribution in [0.4, 0.5) is 16.2 Å². The first-order chi connectivity index (χ1) is 22.0. The Labute approximate surface area is 271 Å². The number of rotatable bonds is 11. The number of aliphatic hydroxyl groups is 1. The Kier molecular flexibility index (Phi) is 10.4. The Balaban J connectivity index is 1.39. The smallest absolute Gasteiger partial charge is 0.407 e. The minimum absolute atomic E-state index is 0.207. The maximum Gasteiger partial charge on any atom is 0.407 e. The average Bonchev–Trinajstić information content (AvgIpc) is 3.03. The molecule has 2 aliphatic rings. The molecule has 46 heavy (non-hydrogen) atoms. The van der Waals surface area contributed by atoms with Gasteiger partial charge in [-0.2, -0.15) is 0 Å². The zero-order valence-electron chi connectivity index (χ0n) is 27.4. The van der Waals surface area contributed by atoms with Crippen LogP contribution in [0, 0.1) is 5.92 Å². The average molecular weight is 634 g/mol. The fourth-order valence-corrected chi connectivity index (χ4v) is 6.87. The van der Waals surface area contributed by atoms with E-state index < -0.39 is 28.2 Å². The Morgan fingerprint density at radius 3 is 2.22 bits per heavy atom. The van der Waals surface area contributed by atoms with Crippen molar-refractivity contribution in [1.29, 1.82) is 0 Å². The van der Waals surface area contributed by atoms with Crippen LogP contribution in [-0.4, -0.2) is 62.7 Å². The van der Waals surface area contributed by atoms with Crippen molar-refractivity contribution in [2.75, 3.05) is 49.7 Å². The predicted molar refractivity (Wildman–Crippen MR) is 179 cm³/mol. The number of methoxy groups -OCH3 is 1. The minimum Gasteiger partial charge on any atom is -0.457 e. The zero-order chi connectivity index (χ0) is 32.9. The van der Waals surface area contributed by atoms with E-state index in [4.69, 9.17) is 14.2 Å². The SMILES string of the molecule is COCCC[C@@](O)(c1ccccc1Oc1ccccc1)[C@@H]1CCCN(c2c(N3CCC[C@H](NC(=O)OC(C)(C)C)C3)c(=O)c2=O)C1. The van der Waals surface area contributed by atoms with Crippen molar-refractivity contribution in [1.82, 2.24) is 5.32 Å². The minimum atomic E-state index is -1.27. The Morgan fingerprint density at radius 2 is 1.54 bits per heavy atom. The lowest BCUT2D eigenvalue weighted by molar-refractivity contribution is -0.0438. The highest BCUT2D eigenvalue weighted by atomic mass is 16.6. The second-order valence-electron chi connectivity index (χ2n) is 13.5. The third-order valence-corrected chi connectivity index (χ3v) is 8.96. The number of ether oxygens (including phenoxy) is 3. The van der Waals surface area contributed by atoms with E-state index in [1.165, 1.54) is 0 Å². The number of amides is 1. The molecule has 1 amide bonds. The first-order valence-corrected chi connectivity index (χ1v) is 16.4. The highest BCUT2D eigenvalue weighted by Crippen LogP contribution is 2.45. The molecule has 2 N–H and O–H groups in total. The summed E-state index contributed by atoms with van der Waals surface area (Å²) < 4.78 is 17.1. The van der Waals surface area contributed by atoms with Crippen LogP contribution in [-0.2, 0) is 15.1 Å². The molecule has 248 valence electrons. The van der Waals surface area contributed by atoms with Crippen LogP contribution in [0.5, 0.6) is 11.5 Å². The van der Waals surface area contributed by atoms with Gasteiger partial charge in [-0.1, -0.05) is 36.4 Å². The zero-order valence-corrected chi connectivity index (χ0v) is 27.4. The summed E-state index contributed by atoms with van der Waals surface area (Å²) in [6, 6.07) is 16.9. The van der Waals surface area contributed by atoms with E-state index in [0.717, 1.165) is 25.7 Å². The summed E-state index contributed by atoms with van der Waals surface area (Å²) in [5, 5.41) is 15.6. The van der Waals surface area contributed by atoms with Crippen molar-refractivity contribution in [2.45, 2.75) is 76.5 Å². The van der Waals surface area contributed by atoms with E-state index in [1.807, 2.05) is 85.2 Å². The highest BCUT2D eigenvalue weighted by Gasteiger charge is 2.44. The van der Waals surface area contributed by atoms with Gasteiger partial charge < -0.3 is 34.4 Å². The Hall–Kier alpha value is -3.89. The number of hydrogen-bond acceptors (Lipinski definition) is 9. The Bertz CT molecular complexity index is 1550. The van der Waals surface area contributed by atoms with Crippen molar-refractivity contribution in [2.24, 2.45) is 5.92 Å². The molecule has 0 bridgehead atoms. The van der Waals surface area contributed by atoms with Crippen LogP contribution in [0.15, 0.2) is 64.2 Å². The van der Waals surface area contributed by atoms with E-state index in [2.05, 4.69) is 5.32 Å². The van der Waals surface area contributed by atoms with Gasteiger partial charge in [-0.3, -0.25) is 9.59 Å². The number of carbonyl (C=O) groups excluding carboxylic acids is 1. The van der Waals surface area contributed by atoms with E-state index in [0.29, 0.717) is 74.1 Å². The molecule has 3 aromatic carbocycles. The van der Waals surface area contributed by atoms with Gasteiger partial charge in [0.05, 0.1) is 5.60 Å². The van der Waals surface area contributed by atoms with Crippen LogP contribution >= 0.6 is 0 Å². The van der Waals surface area contributed by atoms with Gasteiger partial charge in [0.15, 0.2) is 0 Å². The largest absolute Gasteiger partial charge is 0.457 e. The number of nitrogens with one attached hydrogen (secondary N) is 1. The molecule has 0 unspecified atom stereocenters. The number of anilines is 2. The topological polar surface area (TPSA) is 118 Å². The molecular weight excluding hydrogens is 586 g/mol. The fourth-order valence-electron chi connectivity index (χ4n) is 6.87. The molecule has 0 radical (unpaired) electrons. The first-order valence-electron chi connectivity index (χ1n) is 16.4.